The van der Waals surface area contributed by atoms with E-state index in [-0.39, 0.29) is 11.2 Å². The molecule has 6 heteroatoms. The fourth-order valence-electron chi connectivity index (χ4n) is 2.10. The van der Waals surface area contributed by atoms with Gasteiger partial charge in [0.2, 0.25) is 0 Å². The molecule has 0 radical (unpaired) electrons. The average Bonchev–Trinajstić information content (AvgIpc) is 2.50. The van der Waals surface area contributed by atoms with E-state index in [4.69, 9.17) is 5.26 Å². The normalized spacial score (nSPS) is 10.3. The second-order valence-corrected chi connectivity index (χ2v) is 4.83. The summed E-state index contributed by atoms with van der Waals surface area (Å²) in [6.45, 7) is 0.902. The molecule has 2 aromatic rings. The van der Waals surface area contributed by atoms with Gasteiger partial charge in [-0.05, 0) is 17.7 Å². The molecule has 0 amide bonds. The smallest absolute Gasteiger partial charge is 0.308 e. The Morgan fingerprint density at radius 2 is 2.00 bits per heavy atom. The fourth-order valence-corrected chi connectivity index (χ4v) is 2.10. The Labute approximate surface area is 121 Å². The van der Waals surface area contributed by atoms with Crippen LogP contribution in [0.2, 0.25) is 0 Å². The Hall–Kier alpha value is -2.65. The van der Waals surface area contributed by atoms with Crippen LogP contribution >= 0.6 is 0 Å². The molecule has 1 N–H and O–H groups in total. The highest BCUT2D eigenvalue weighted by Gasteiger charge is 2.06. The van der Waals surface area contributed by atoms with Gasteiger partial charge in [0, 0.05) is 38.9 Å². The minimum atomic E-state index is -0.342. The summed E-state index contributed by atoms with van der Waals surface area (Å²) in [5, 5.41) is 12.0. The van der Waals surface area contributed by atoms with Crippen LogP contribution in [0.25, 0.3) is 0 Å². The summed E-state index contributed by atoms with van der Waals surface area (Å²) in [5.41, 5.74) is 1.46. The molecule has 21 heavy (non-hydrogen) atoms. The van der Waals surface area contributed by atoms with Gasteiger partial charge in [0.1, 0.15) is 0 Å². The van der Waals surface area contributed by atoms with Gasteiger partial charge in [-0.25, -0.2) is 4.79 Å². The minimum Gasteiger partial charge on any atom is -0.308 e. The van der Waals surface area contributed by atoms with Crippen molar-refractivity contribution in [2.24, 2.45) is 14.1 Å². The highest BCUT2D eigenvalue weighted by atomic mass is 16.2. The zero-order valence-electron chi connectivity index (χ0n) is 12.0. The Morgan fingerprint density at radius 1 is 1.24 bits per heavy atom. The van der Waals surface area contributed by atoms with E-state index in [0.29, 0.717) is 24.2 Å². The third-order valence-corrected chi connectivity index (χ3v) is 3.22. The number of hydrogen-bond donors (Lipinski definition) is 1. The molecular formula is C15H16N4O2. The number of nitrogens with one attached hydrogen (secondary N) is 1. The van der Waals surface area contributed by atoms with E-state index < -0.39 is 0 Å². The van der Waals surface area contributed by atoms with E-state index in [9.17, 15) is 9.59 Å². The van der Waals surface area contributed by atoms with Gasteiger partial charge < -0.3 is 9.88 Å². The second-order valence-electron chi connectivity index (χ2n) is 4.83. The van der Waals surface area contributed by atoms with Crippen LogP contribution in [0, 0.1) is 11.3 Å². The van der Waals surface area contributed by atoms with Crippen molar-refractivity contribution < 1.29 is 0 Å². The van der Waals surface area contributed by atoms with Gasteiger partial charge in [-0.15, -0.1) is 0 Å². The Kier molecular flexibility index (Phi) is 4.36. The van der Waals surface area contributed by atoms with Crippen LogP contribution in [0.1, 0.15) is 16.7 Å². The zero-order valence-corrected chi connectivity index (χ0v) is 12.0. The molecule has 0 unspecified atom stereocenters. The van der Waals surface area contributed by atoms with E-state index in [1.165, 1.54) is 11.6 Å². The molecule has 0 bridgehead atoms. The fraction of sp³-hybridized carbons (Fsp3) is 0.267. The summed E-state index contributed by atoms with van der Waals surface area (Å²) in [4.78, 5) is 23.5. The lowest BCUT2D eigenvalue weighted by molar-refractivity contribution is 0.630. The number of rotatable bonds is 4. The Bertz CT molecular complexity index is 812. The monoisotopic (exact) mass is 284 g/mol. The summed E-state index contributed by atoms with van der Waals surface area (Å²) in [6.07, 6.45) is 1.55. The van der Waals surface area contributed by atoms with Crippen LogP contribution in [0.4, 0.5) is 0 Å². The first-order chi connectivity index (χ1) is 10.0. The third-order valence-electron chi connectivity index (χ3n) is 3.22. The van der Waals surface area contributed by atoms with Crippen molar-refractivity contribution in [1.29, 1.82) is 5.26 Å². The minimum absolute atomic E-state index is 0.295. The van der Waals surface area contributed by atoms with Crippen LogP contribution in [-0.4, -0.2) is 9.13 Å². The van der Waals surface area contributed by atoms with Crippen molar-refractivity contribution in [3.05, 3.63) is 68.0 Å². The zero-order chi connectivity index (χ0) is 15.4. The Balaban J connectivity index is 2.09. The molecule has 1 heterocycles. The first kappa shape index (κ1) is 14.8. The van der Waals surface area contributed by atoms with Crippen molar-refractivity contribution >= 4 is 0 Å². The maximum Gasteiger partial charge on any atom is 0.330 e. The van der Waals surface area contributed by atoms with Crippen LogP contribution in [0.5, 0.6) is 0 Å². The summed E-state index contributed by atoms with van der Waals surface area (Å²) < 4.78 is 2.47. The molecule has 1 aromatic heterocycles. The summed E-state index contributed by atoms with van der Waals surface area (Å²) in [5.74, 6) is 0. The van der Waals surface area contributed by atoms with Gasteiger partial charge >= 0.3 is 5.69 Å². The quantitative estimate of drug-likeness (QED) is 0.872. The molecule has 6 nitrogen and oxygen atoms in total. The highest BCUT2D eigenvalue weighted by molar-refractivity contribution is 5.32. The van der Waals surface area contributed by atoms with Gasteiger partial charge in [0.15, 0.2) is 0 Å². The van der Waals surface area contributed by atoms with Crippen molar-refractivity contribution in [1.82, 2.24) is 14.5 Å². The van der Waals surface area contributed by atoms with Gasteiger partial charge in [0.05, 0.1) is 11.6 Å². The number of hydrogen-bond acceptors (Lipinski definition) is 4. The molecular weight excluding hydrogens is 268 g/mol. The molecule has 0 atom stereocenters. The third kappa shape index (κ3) is 3.27. The van der Waals surface area contributed by atoms with E-state index in [1.54, 1.807) is 25.4 Å². The van der Waals surface area contributed by atoms with Crippen LogP contribution < -0.4 is 16.6 Å². The predicted molar refractivity (Wildman–Crippen MR) is 78.6 cm³/mol. The van der Waals surface area contributed by atoms with Gasteiger partial charge in [0.25, 0.3) is 5.56 Å². The van der Waals surface area contributed by atoms with E-state index in [1.807, 2.05) is 12.1 Å². The number of aromatic nitrogens is 2. The van der Waals surface area contributed by atoms with Crippen LogP contribution in [-0.2, 0) is 27.2 Å². The largest absolute Gasteiger partial charge is 0.330 e. The number of benzene rings is 1. The van der Waals surface area contributed by atoms with Gasteiger partial charge in [-0.2, -0.15) is 5.26 Å². The lowest BCUT2D eigenvalue weighted by Crippen LogP contribution is -2.39. The molecule has 108 valence electrons. The first-order valence-electron chi connectivity index (χ1n) is 6.48. The molecule has 0 aliphatic rings. The molecule has 0 aliphatic carbocycles. The standard InChI is InChI=1S/C15H16N4O2/c1-18-10-13(14(20)19(2)15(18)21)9-17-8-12-5-3-4-11(6-12)7-16/h3-6,10,17H,8-9H2,1-2H3. The van der Waals surface area contributed by atoms with E-state index in [0.717, 1.165) is 10.1 Å². The number of nitriles is 1. The lowest BCUT2D eigenvalue weighted by atomic mass is 10.1. The Morgan fingerprint density at radius 3 is 2.71 bits per heavy atom. The number of aryl methyl sites for hydroxylation is 1. The van der Waals surface area contributed by atoms with Crippen LogP contribution in [0.3, 0.4) is 0 Å². The molecule has 0 aliphatic heterocycles. The van der Waals surface area contributed by atoms with Gasteiger partial charge in [-0.1, -0.05) is 12.1 Å². The molecule has 0 fully saturated rings. The molecule has 0 saturated heterocycles. The van der Waals surface area contributed by atoms with Gasteiger partial charge in [-0.3, -0.25) is 9.36 Å². The SMILES string of the molecule is Cn1cc(CNCc2cccc(C#N)c2)c(=O)n(C)c1=O. The molecule has 0 saturated carbocycles. The summed E-state index contributed by atoms with van der Waals surface area (Å²) in [6, 6.07) is 9.36. The molecule has 1 aromatic carbocycles. The maximum absolute atomic E-state index is 12.0. The molecule has 2 rings (SSSR count). The van der Waals surface area contributed by atoms with Crippen molar-refractivity contribution in [2.75, 3.05) is 0 Å². The first-order valence-corrected chi connectivity index (χ1v) is 6.48. The van der Waals surface area contributed by atoms with E-state index in [2.05, 4.69) is 11.4 Å². The highest BCUT2D eigenvalue weighted by Crippen LogP contribution is 2.03. The molecule has 0 spiro atoms. The van der Waals surface area contributed by atoms with Crippen molar-refractivity contribution in [3.63, 3.8) is 0 Å². The van der Waals surface area contributed by atoms with E-state index >= 15 is 0 Å². The van der Waals surface area contributed by atoms with Crippen molar-refractivity contribution in [3.8, 4) is 6.07 Å². The van der Waals surface area contributed by atoms with Crippen LogP contribution in [0.15, 0.2) is 40.1 Å². The maximum atomic E-state index is 12.0. The topological polar surface area (TPSA) is 79.8 Å². The van der Waals surface area contributed by atoms with Crippen molar-refractivity contribution in [2.45, 2.75) is 13.1 Å². The average molecular weight is 284 g/mol. The summed E-state index contributed by atoms with van der Waals surface area (Å²) >= 11 is 0. The number of nitrogens with zero attached hydrogens (tertiary/aromatic N) is 3. The second kappa shape index (κ2) is 6.20. The predicted octanol–water partition coefficient (Wildman–Crippen LogP) is 0.245. The summed E-state index contributed by atoms with van der Waals surface area (Å²) in [7, 11) is 3.08. The lowest BCUT2D eigenvalue weighted by Gasteiger charge is -2.08.